The molecule has 1 fully saturated rings. The van der Waals surface area contributed by atoms with Gasteiger partial charge < -0.3 is 14.8 Å². The molecule has 1 saturated heterocycles. The zero-order valence-electron chi connectivity index (χ0n) is 15.4. The molecule has 1 amide bonds. The van der Waals surface area contributed by atoms with Gasteiger partial charge in [0.25, 0.3) is 5.91 Å². The predicted molar refractivity (Wildman–Crippen MR) is 102 cm³/mol. The van der Waals surface area contributed by atoms with Crippen molar-refractivity contribution < 1.29 is 14.3 Å². The Morgan fingerprint density at radius 2 is 2.11 bits per heavy atom. The van der Waals surface area contributed by atoms with Crippen molar-refractivity contribution in [3.63, 3.8) is 0 Å². The molecule has 3 heterocycles. The first kappa shape index (κ1) is 17.5. The zero-order chi connectivity index (χ0) is 18.8. The summed E-state index contributed by atoms with van der Waals surface area (Å²) in [6.07, 6.45) is 1.77. The molecule has 0 radical (unpaired) electrons. The third-order valence-electron chi connectivity index (χ3n) is 4.71. The van der Waals surface area contributed by atoms with Gasteiger partial charge in [-0.15, -0.1) is 0 Å². The standard InChI is InChI=1S/C20H22N4O3/c1-12-10-16-17(20(22-12)27-15-6-8-26-9-7-15)18(24-23-16)13-4-3-5-14(11-13)19(25)21-2/h3-5,10-11,15H,6-9H2,1-2H3,(H,21,25)(H,23,24). The van der Waals surface area contributed by atoms with E-state index in [0.717, 1.165) is 40.7 Å². The molecule has 7 nitrogen and oxygen atoms in total. The Balaban J connectivity index is 1.79. The monoisotopic (exact) mass is 366 g/mol. The van der Waals surface area contributed by atoms with E-state index in [1.54, 1.807) is 13.1 Å². The highest BCUT2D eigenvalue weighted by atomic mass is 16.5. The van der Waals surface area contributed by atoms with E-state index in [1.165, 1.54) is 0 Å². The normalized spacial score (nSPS) is 15.0. The lowest BCUT2D eigenvalue weighted by Crippen LogP contribution is -2.26. The minimum Gasteiger partial charge on any atom is -0.474 e. The molecule has 27 heavy (non-hydrogen) atoms. The van der Waals surface area contributed by atoms with Crippen LogP contribution < -0.4 is 10.1 Å². The molecule has 3 aromatic rings. The molecule has 1 aliphatic heterocycles. The number of nitrogens with one attached hydrogen (secondary N) is 2. The van der Waals surface area contributed by atoms with Crippen LogP contribution in [0.1, 0.15) is 28.9 Å². The molecular weight excluding hydrogens is 344 g/mol. The minimum atomic E-state index is -0.135. The average Bonchev–Trinajstić information content (AvgIpc) is 3.12. The van der Waals surface area contributed by atoms with Gasteiger partial charge in [0.2, 0.25) is 5.88 Å². The van der Waals surface area contributed by atoms with Gasteiger partial charge in [-0.05, 0) is 25.1 Å². The number of carbonyl (C=O) groups excluding carboxylic acids is 1. The van der Waals surface area contributed by atoms with Crippen LogP contribution >= 0.6 is 0 Å². The first-order chi connectivity index (χ1) is 13.2. The summed E-state index contributed by atoms with van der Waals surface area (Å²) in [5, 5.41) is 11.0. The van der Waals surface area contributed by atoms with E-state index >= 15 is 0 Å². The number of aryl methyl sites for hydroxylation is 1. The molecule has 0 spiro atoms. The molecule has 140 valence electrons. The van der Waals surface area contributed by atoms with Crippen molar-refractivity contribution in [2.24, 2.45) is 0 Å². The van der Waals surface area contributed by atoms with Crippen molar-refractivity contribution >= 4 is 16.8 Å². The highest BCUT2D eigenvalue weighted by Crippen LogP contribution is 2.34. The van der Waals surface area contributed by atoms with Crippen LogP contribution in [0.25, 0.3) is 22.2 Å². The lowest BCUT2D eigenvalue weighted by atomic mass is 10.0. The highest BCUT2D eigenvalue weighted by molar-refractivity contribution is 5.99. The van der Waals surface area contributed by atoms with Crippen LogP contribution in [0.15, 0.2) is 30.3 Å². The second kappa shape index (κ2) is 7.36. The maximum absolute atomic E-state index is 12.0. The molecule has 1 aliphatic rings. The number of ether oxygens (including phenoxy) is 2. The Morgan fingerprint density at radius 1 is 1.30 bits per heavy atom. The van der Waals surface area contributed by atoms with E-state index in [4.69, 9.17) is 9.47 Å². The lowest BCUT2D eigenvalue weighted by Gasteiger charge is -2.23. The number of benzene rings is 1. The number of pyridine rings is 1. The molecule has 2 N–H and O–H groups in total. The Hall–Kier alpha value is -2.93. The molecule has 4 rings (SSSR count). The van der Waals surface area contributed by atoms with Gasteiger partial charge in [-0.1, -0.05) is 12.1 Å². The number of rotatable bonds is 4. The van der Waals surface area contributed by atoms with Gasteiger partial charge >= 0.3 is 0 Å². The molecule has 0 saturated carbocycles. The van der Waals surface area contributed by atoms with E-state index in [2.05, 4.69) is 20.5 Å². The average molecular weight is 366 g/mol. The molecular formula is C20H22N4O3. The Morgan fingerprint density at radius 3 is 2.89 bits per heavy atom. The van der Waals surface area contributed by atoms with Crippen LogP contribution in [-0.4, -0.2) is 47.5 Å². The van der Waals surface area contributed by atoms with Gasteiger partial charge in [0.1, 0.15) is 11.8 Å². The molecule has 2 aromatic heterocycles. The maximum Gasteiger partial charge on any atom is 0.251 e. The molecule has 0 bridgehead atoms. The Kier molecular flexibility index (Phi) is 4.77. The van der Waals surface area contributed by atoms with Crippen LogP contribution in [0.2, 0.25) is 0 Å². The lowest BCUT2D eigenvalue weighted by molar-refractivity contribution is 0.0244. The van der Waals surface area contributed by atoms with E-state index in [-0.39, 0.29) is 12.0 Å². The fourth-order valence-corrected chi connectivity index (χ4v) is 3.33. The summed E-state index contributed by atoms with van der Waals surface area (Å²) >= 11 is 0. The van der Waals surface area contributed by atoms with Crippen molar-refractivity contribution in [2.45, 2.75) is 25.9 Å². The third-order valence-corrected chi connectivity index (χ3v) is 4.71. The van der Waals surface area contributed by atoms with E-state index in [1.807, 2.05) is 31.2 Å². The second-order valence-corrected chi connectivity index (χ2v) is 6.65. The quantitative estimate of drug-likeness (QED) is 0.741. The maximum atomic E-state index is 12.0. The van der Waals surface area contributed by atoms with Gasteiger partial charge in [-0.2, -0.15) is 5.10 Å². The van der Waals surface area contributed by atoms with Crippen molar-refractivity contribution in [1.29, 1.82) is 0 Å². The number of H-pyrrole nitrogens is 1. The van der Waals surface area contributed by atoms with E-state index in [9.17, 15) is 4.79 Å². The number of nitrogens with zero attached hydrogens (tertiary/aromatic N) is 2. The van der Waals surface area contributed by atoms with Gasteiger partial charge in [0, 0.05) is 36.7 Å². The van der Waals surface area contributed by atoms with Gasteiger partial charge in [-0.3, -0.25) is 9.89 Å². The van der Waals surface area contributed by atoms with Crippen molar-refractivity contribution in [2.75, 3.05) is 20.3 Å². The molecule has 7 heteroatoms. The number of fused-ring (bicyclic) bond motifs is 1. The summed E-state index contributed by atoms with van der Waals surface area (Å²) in [5.41, 5.74) is 3.87. The highest BCUT2D eigenvalue weighted by Gasteiger charge is 2.21. The van der Waals surface area contributed by atoms with Crippen molar-refractivity contribution in [3.8, 4) is 17.1 Å². The van der Waals surface area contributed by atoms with E-state index < -0.39 is 0 Å². The van der Waals surface area contributed by atoms with Crippen LogP contribution in [0.4, 0.5) is 0 Å². The largest absolute Gasteiger partial charge is 0.474 e. The predicted octanol–water partition coefficient (Wildman–Crippen LogP) is 2.85. The van der Waals surface area contributed by atoms with Crippen molar-refractivity contribution in [3.05, 3.63) is 41.6 Å². The third kappa shape index (κ3) is 3.50. The van der Waals surface area contributed by atoms with Gasteiger partial charge in [0.15, 0.2) is 0 Å². The van der Waals surface area contributed by atoms with Crippen LogP contribution in [0.5, 0.6) is 5.88 Å². The summed E-state index contributed by atoms with van der Waals surface area (Å²) in [5.74, 6) is 0.440. The van der Waals surface area contributed by atoms with Gasteiger partial charge in [0.05, 0.1) is 24.1 Å². The molecule has 0 aliphatic carbocycles. The summed E-state index contributed by atoms with van der Waals surface area (Å²) in [6, 6.07) is 9.33. The molecule has 0 atom stereocenters. The first-order valence-corrected chi connectivity index (χ1v) is 9.08. The van der Waals surface area contributed by atoms with E-state index in [0.29, 0.717) is 24.7 Å². The zero-order valence-corrected chi connectivity index (χ0v) is 15.4. The first-order valence-electron chi connectivity index (χ1n) is 9.08. The number of hydrogen-bond donors (Lipinski definition) is 2. The summed E-state index contributed by atoms with van der Waals surface area (Å²) in [6.45, 7) is 3.33. The van der Waals surface area contributed by atoms with Crippen LogP contribution in [0.3, 0.4) is 0 Å². The molecule has 0 unspecified atom stereocenters. The minimum absolute atomic E-state index is 0.0798. The number of amides is 1. The van der Waals surface area contributed by atoms with Crippen LogP contribution in [0, 0.1) is 6.92 Å². The number of aromatic nitrogens is 3. The number of carbonyl (C=O) groups is 1. The topological polar surface area (TPSA) is 89.1 Å². The second-order valence-electron chi connectivity index (χ2n) is 6.65. The van der Waals surface area contributed by atoms with Crippen molar-refractivity contribution in [1.82, 2.24) is 20.5 Å². The SMILES string of the molecule is CNC(=O)c1cccc(-c2n[nH]c3cc(C)nc(OC4CCOCC4)c23)c1. The summed E-state index contributed by atoms with van der Waals surface area (Å²) in [7, 11) is 1.62. The molecule has 1 aromatic carbocycles. The Bertz CT molecular complexity index is 977. The summed E-state index contributed by atoms with van der Waals surface area (Å²) < 4.78 is 11.7. The van der Waals surface area contributed by atoms with Gasteiger partial charge in [-0.25, -0.2) is 4.98 Å². The van der Waals surface area contributed by atoms with Crippen LogP contribution in [-0.2, 0) is 4.74 Å². The number of aromatic amines is 1. The fourth-order valence-electron chi connectivity index (χ4n) is 3.33. The summed E-state index contributed by atoms with van der Waals surface area (Å²) in [4.78, 5) is 16.6. The Labute approximate surface area is 157 Å². The smallest absolute Gasteiger partial charge is 0.251 e. The number of hydrogen-bond acceptors (Lipinski definition) is 5. The fraction of sp³-hybridized carbons (Fsp3) is 0.350.